The van der Waals surface area contributed by atoms with Crippen LogP contribution in [0.4, 0.5) is 0 Å². The molecule has 0 aliphatic heterocycles. The molecule has 0 aromatic heterocycles. The molecule has 0 spiro atoms. The molecule has 0 atom stereocenters. The minimum atomic E-state index is 0. The molecule has 0 saturated heterocycles. The fourth-order valence-electron chi connectivity index (χ4n) is 0. The first-order valence-corrected chi connectivity index (χ1v) is 1.02. The van der Waals surface area contributed by atoms with Gasteiger partial charge in [-0.1, -0.05) is 0 Å². The van der Waals surface area contributed by atoms with Crippen molar-refractivity contribution < 1.29 is 79.5 Å². The second-order valence-electron chi connectivity index (χ2n) is 0.316. The van der Waals surface area contributed by atoms with Crippen molar-refractivity contribution >= 4 is 0 Å². The largest absolute Gasteiger partial charge is 1.00 e. The average molecular weight is 196 g/mol. The Morgan fingerprint density at radius 2 is 1.60 bits per heavy atom. The molecular weight excluding hydrogens is 189 g/mol. The third-order valence-corrected chi connectivity index (χ3v) is 0. The fourth-order valence-corrected chi connectivity index (χ4v) is 0. The zero-order valence-electron chi connectivity index (χ0n) is 3.60. The van der Waals surface area contributed by atoms with Crippen LogP contribution in [0.15, 0.2) is 0 Å². The van der Waals surface area contributed by atoms with Crippen LogP contribution in [0.25, 0.3) is 0 Å². The van der Waals surface area contributed by atoms with Crippen molar-refractivity contribution in [1.82, 2.24) is 0 Å². The van der Waals surface area contributed by atoms with E-state index in [0.29, 0.717) is 0 Å². The maximum Gasteiger partial charge on any atom is 1.00 e. The smallest absolute Gasteiger partial charge is 0.870 e. The van der Waals surface area contributed by atoms with Crippen molar-refractivity contribution in [2.24, 2.45) is 0 Å². The number of hydrogen-bond donors (Lipinski definition) is 1. The molecule has 0 saturated carbocycles. The van der Waals surface area contributed by atoms with E-state index >= 15 is 0 Å². The van der Waals surface area contributed by atoms with Crippen molar-refractivity contribution in [2.45, 2.75) is 6.92 Å². The number of rotatable bonds is 0. The molecule has 2 nitrogen and oxygen atoms in total. The van der Waals surface area contributed by atoms with E-state index in [1.54, 1.807) is 6.92 Å². The first-order valence-electron chi connectivity index (χ1n) is 1.02. The zero-order chi connectivity index (χ0) is 2.71. The molecule has 0 fully saturated rings. The third-order valence-electron chi connectivity index (χ3n) is 0. The second-order valence-corrected chi connectivity index (χ2v) is 0.316. The molecule has 0 aromatic rings. The van der Waals surface area contributed by atoms with Gasteiger partial charge < -0.3 is 10.6 Å². The Bertz CT molecular complexity index is 7.61. The molecule has 0 heterocycles. The SMILES string of the molecule is CCO.[Cs+].[OH-]. The molecule has 0 bridgehead atoms. The summed E-state index contributed by atoms with van der Waals surface area (Å²) in [4.78, 5) is 0. The van der Waals surface area contributed by atoms with E-state index in [2.05, 4.69) is 0 Å². The number of hydrogen-bond acceptors (Lipinski definition) is 2. The van der Waals surface area contributed by atoms with Crippen LogP contribution in [0.2, 0.25) is 0 Å². The summed E-state index contributed by atoms with van der Waals surface area (Å²) in [7, 11) is 0. The van der Waals surface area contributed by atoms with Crippen LogP contribution in [0.1, 0.15) is 6.92 Å². The first-order chi connectivity index (χ1) is 1.41. The minimum Gasteiger partial charge on any atom is -0.870 e. The molecule has 0 rings (SSSR count). The van der Waals surface area contributed by atoms with E-state index in [0.717, 1.165) is 0 Å². The molecule has 28 valence electrons. The maximum absolute atomic E-state index is 7.57. The summed E-state index contributed by atoms with van der Waals surface area (Å²) in [6, 6.07) is 0. The molecule has 0 aliphatic rings. The van der Waals surface area contributed by atoms with Crippen molar-refractivity contribution in [1.29, 1.82) is 0 Å². The summed E-state index contributed by atoms with van der Waals surface area (Å²) in [5.41, 5.74) is 0. The monoisotopic (exact) mass is 196 g/mol. The minimum absolute atomic E-state index is 0. The molecule has 0 amide bonds. The van der Waals surface area contributed by atoms with Gasteiger partial charge in [-0.25, -0.2) is 0 Å². The van der Waals surface area contributed by atoms with E-state index in [1.807, 2.05) is 0 Å². The average Bonchev–Trinajstić information content (AvgIpc) is 0.918. The predicted molar refractivity (Wildman–Crippen MR) is 14.7 cm³/mol. The maximum atomic E-state index is 7.57. The topological polar surface area (TPSA) is 50.2 Å². The summed E-state index contributed by atoms with van der Waals surface area (Å²) in [5.74, 6) is 0. The van der Waals surface area contributed by atoms with Gasteiger partial charge in [0, 0.05) is 6.61 Å². The Hall–Kier alpha value is 1.97. The Morgan fingerprint density at radius 3 is 1.60 bits per heavy atom. The van der Waals surface area contributed by atoms with E-state index in [4.69, 9.17) is 5.11 Å². The summed E-state index contributed by atoms with van der Waals surface area (Å²) in [5, 5.41) is 7.57. The Morgan fingerprint density at radius 1 is 1.60 bits per heavy atom. The Labute approximate surface area is 90.7 Å². The van der Waals surface area contributed by atoms with Crippen LogP contribution in [0.3, 0.4) is 0 Å². The zero-order valence-corrected chi connectivity index (χ0v) is 9.88. The summed E-state index contributed by atoms with van der Waals surface area (Å²) in [6.07, 6.45) is 0. The van der Waals surface area contributed by atoms with Gasteiger partial charge in [-0.15, -0.1) is 0 Å². The van der Waals surface area contributed by atoms with Crippen LogP contribution < -0.4 is 68.9 Å². The quantitative estimate of drug-likeness (QED) is 0.444. The molecule has 3 heteroatoms. The van der Waals surface area contributed by atoms with Gasteiger partial charge in [0.25, 0.3) is 0 Å². The number of aliphatic hydroxyl groups is 1. The van der Waals surface area contributed by atoms with Gasteiger partial charge in [0.15, 0.2) is 0 Å². The van der Waals surface area contributed by atoms with Crippen LogP contribution in [-0.4, -0.2) is 17.2 Å². The standard InChI is InChI=1S/C2H6O.Cs.H2O/c1-2-3;;/h3H,2H2,1H3;;1H2/q;+1;/p-1. The summed E-state index contributed by atoms with van der Waals surface area (Å²) >= 11 is 0. The first kappa shape index (κ1) is 15.8. The summed E-state index contributed by atoms with van der Waals surface area (Å²) < 4.78 is 0. The van der Waals surface area contributed by atoms with Crippen LogP contribution in [0, 0.1) is 0 Å². The van der Waals surface area contributed by atoms with Gasteiger partial charge in [0.1, 0.15) is 0 Å². The second kappa shape index (κ2) is 16.7. The number of aliphatic hydroxyl groups excluding tert-OH is 1. The molecule has 0 radical (unpaired) electrons. The van der Waals surface area contributed by atoms with Gasteiger partial charge in [0.2, 0.25) is 0 Å². The van der Waals surface area contributed by atoms with E-state index < -0.39 is 0 Å². The van der Waals surface area contributed by atoms with Crippen molar-refractivity contribution in [3.63, 3.8) is 0 Å². The Kier molecular flexibility index (Phi) is 52.7. The fraction of sp³-hybridized carbons (Fsp3) is 1.00. The van der Waals surface area contributed by atoms with Crippen LogP contribution in [0.5, 0.6) is 0 Å². The van der Waals surface area contributed by atoms with Gasteiger partial charge in [0.05, 0.1) is 0 Å². The van der Waals surface area contributed by atoms with E-state index in [9.17, 15) is 0 Å². The normalized spacial score (nSPS) is 3.60. The van der Waals surface area contributed by atoms with Crippen molar-refractivity contribution in [2.75, 3.05) is 6.61 Å². The van der Waals surface area contributed by atoms with E-state index in [1.165, 1.54) is 0 Å². The molecule has 0 aliphatic carbocycles. The van der Waals surface area contributed by atoms with Gasteiger partial charge >= 0.3 is 68.9 Å². The van der Waals surface area contributed by atoms with Crippen LogP contribution >= 0.6 is 0 Å². The Balaban J connectivity index is -0.0000000200. The van der Waals surface area contributed by atoms with Gasteiger partial charge in [-0.3, -0.25) is 0 Å². The predicted octanol–water partition coefficient (Wildman–Crippen LogP) is -3.17. The van der Waals surface area contributed by atoms with Crippen molar-refractivity contribution in [3.8, 4) is 0 Å². The molecule has 5 heavy (non-hydrogen) atoms. The molecule has 0 aromatic carbocycles. The van der Waals surface area contributed by atoms with E-state index in [-0.39, 0.29) is 81.0 Å². The van der Waals surface area contributed by atoms with Crippen LogP contribution in [-0.2, 0) is 0 Å². The third kappa shape index (κ3) is 24.2. The van der Waals surface area contributed by atoms with Gasteiger partial charge in [-0.2, -0.15) is 0 Å². The van der Waals surface area contributed by atoms with Gasteiger partial charge in [-0.05, 0) is 6.92 Å². The molecule has 2 N–H and O–H groups in total. The molecule has 0 unspecified atom stereocenters. The molecular formula is C2H7CsO2. The van der Waals surface area contributed by atoms with Crippen molar-refractivity contribution in [3.05, 3.63) is 0 Å². The summed E-state index contributed by atoms with van der Waals surface area (Å²) in [6.45, 7) is 1.93.